The molecule has 3 aliphatic carbocycles. The number of carbonyl (C=O) groups is 1. The molecular weight excluding hydrogens is 405 g/mol. The molecule has 0 unspecified atom stereocenters. The molecule has 5 rings (SSSR count). The average molecular weight is 424 g/mol. The number of sulfonamides is 1. The van der Waals surface area contributed by atoms with E-state index in [2.05, 4.69) is 0 Å². The summed E-state index contributed by atoms with van der Waals surface area (Å²) in [6, 6.07) is 12.4. The Morgan fingerprint density at radius 1 is 1.18 bits per heavy atom. The molecule has 5 nitrogen and oxygen atoms in total. The maximum absolute atomic E-state index is 13.9. The van der Waals surface area contributed by atoms with Gasteiger partial charge in [0.25, 0.3) is 0 Å². The summed E-state index contributed by atoms with van der Waals surface area (Å²) in [5, 5.41) is -0.0172. The number of rotatable bonds is 6. The Balaban J connectivity index is 1.69. The molecule has 3 saturated carbocycles. The van der Waals surface area contributed by atoms with Crippen LogP contribution in [0.25, 0.3) is 0 Å². The van der Waals surface area contributed by atoms with E-state index in [-0.39, 0.29) is 22.4 Å². The van der Waals surface area contributed by atoms with Gasteiger partial charge >= 0.3 is 5.97 Å². The Hall–Kier alpha value is -1.96. The Labute approximate surface area is 168 Å². The molecule has 148 valence electrons. The van der Waals surface area contributed by atoms with Gasteiger partial charge in [0.15, 0.2) is 0 Å². The van der Waals surface area contributed by atoms with Gasteiger partial charge < -0.3 is 4.74 Å². The van der Waals surface area contributed by atoms with Crippen LogP contribution in [0.5, 0.6) is 0 Å². The van der Waals surface area contributed by atoms with Crippen molar-refractivity contribution in [1.29, 1.82) is 0 Å². The molecule has 0 radical (unpaired) electrons. The number of benzene rings is 2. The third kappa shape index (κ3) is 2.84. The predicted molar refractivity (Wildman–Crippen MR) is 102 cm³/mol. The van der Waals surface area contributed by atoms with Gasteiger partial charge in [0.1, 0.15) is 5.82 Å². The lowest BCUT2D eigenvalue weighted by Crippen LogP contribution is -2.77. The van der Waals surface area contributed by atoms with Crippen LogP contribution < -0.4 is 0 Å². The van der Waals surface area contributed by atoms with Crippen molar-refractivity contribution in [3.05, 3.63) is 64.9 Å². The van der Waals surface area contributed by atoms with Crippen molar-refractivity contribution in [2.75, 3.05) is 7.11 Å². The van der Waals surface area contributed by atoms with Crippen molar-refractivity contribution in [2.45, 2.75) is 36.2 Å². The highest BCUT2D eigenvalue weighted by molar-refractivity contribution is 7.89. The normalized spacial score (nSPS) is 25.7. The van der Waals surface area contributed by atoms with Crippen LogP contribution in [0.4, 0.5) is 4.39 Å². The summed E-state index contributed by atoms with van der Waals surface area (Å²) in [7, 11) is -2.50. The number of halogens is 2. The lowest BCUT2D eigenvalue weighted by atomic mass is 9.39. The average Bonchev–Trinajstić information content (AvgIpc) is 2.62. The summed E-state index contributed by atoms with van der Waals surface area (Å²) in [6.45, 7) is 0.00255. The second-order valence-electron chi connectivity index (χ2n) is 7.60. The molecule has 0 spiro atoms. The van der Waals surface area contributed by atoms with E-state index < -0.39 is 26.8 Å². The Kier molecular flexibility index (Phi) is 4.52. The van der Waals surface area contributed by atoms with Gasteiger partial charge in [-0.15, -0.1) is 0 Å². The van der Waals surface area contributed by atoms with Crippen molar-refractivity contribution < 1.29 is 22.3 Å². The summed E-state index contributed by atoms with van der Waals surface area (Å²) in [5.74, 6) is -0.899. The smallest absolute Gasteiger partial charge is 0.312 e. The SMILES string of the molecule is COC(=O)C12CC(N(Cc3ccc(Cl)c(F)c3)S(=O)(=O)c3ccccc3)(C1)C2. The molecule has 2 aromatic carbocycles. The van der Waals surface area contributed by atoms with Crippen molar-refractivity contribution in [3.8, 4) is 0 Å². The van der Waals surface area contributed by atoms with E-state index in [4.69, 9.17) is 16.3 Å². The second-order valence-corrected chi connectivity index (χ2v) is 9.87. The van der Waals surface area contributed by atoms with E-state index in [1.54, 1.807) is 24.3 Å². The van der Waals surface area contributed by atoms with Gasteiger partial charge in [0.2, 0.25) is 10.0 Å². The van der Waals surface area contributed by atoms with Gasteiger partial charge in [-0.1, -0.05) is 35.9 Å². The molecule has 3 aliphatic rings. The van der Waals surface area contributed by atoms with Crippen LogP contribution in [0, 0.1) is 11.2 Å². The molecule has 8 heteroatoms. The third-order valence-corrected chi connectivity index (χ3v) is 8.06. The number of hydrogen-bond acceptors (Lipinski definition) is 4. The van der Waals surface area contributed by atoms with Crippen LogP contribution in [-0.2, 0) is 26.1 Å². The number of esters is 1. The summed E-state index contributed by atoms with van der Waals surface area (Å²) in [6.07, 6.45) is 1.23. The fourth-order valence-corrected chi connectivity index (χ4v) is 6.36. The second kappa shape index (κ2) is 6.54. The minimum Gasteiger partial charge on any atom is -0.469 e. The third-order valence-electron chi connectivity index (χ3n) is 5.79. The maximum Gasteiger partial charge on any atom is 0.312 e. The molecule has 2 aromatic rings. The van der Waals surface area contributed by atoms with Crippen LogP contribution in [0.1, 0.15) is 24.8 Å². The first-order chi connectivity index (χ1) is 13.2. The molecular formula is C20H19ClFNO4S. The van der Waals surface area contributed by atoms with E-state index >= 15 is 0 Å². The summed E-state index contributed by atoms with van der Waals surface area (Å²) >= 11 is 5.75. The Morgan fingerprint density at radius 3 is 2.39 bits per heavy atom. The minimum absolute atomic E-state index is 0.00255. The summed E-state index contributed by atoms with van der Waals surface area (Å²) < 4.78 is 46.9. The van der Waals surface area contributed by atoms with Gasteiger partial charge in [-0.2, -0.15) is 4.31 Å². The van der Waals surface area contributed by atoms with Crippen molar-refractivity contribution in [1.82, 2.24) is 4.31 Å². The van der Waals surface area contributed by atoms with E-state index in [0.29, 0.717) is 24.8 Å². The molecule has 0 atom stereocenters. The molecule has 0 aromatic heterocycles. The van der Waals surface area contributed by atoms with Crippen molar-refractivity contribution >= 4 is 27.6 Å². The maximum atomic E-state index is 13.9. The topological polar surface area (TPSA) is 63.7 Å². The highest BCUT2D eigenvalue weighted by Crippen LogP contribution is 2.71. The first kappa shape index (κ1) is 19.4. The van der Waals surface area contributed by atoms with E-state index in [1.165, 1.54) is 35.7 Å². The molecule has 28 heavy (non-hydrogen) atoms. The van der Waals surface area contributed by atoms with Crippen molar-refractivity contribution in [2.24, 2.45) is 5.41 Å². The first-order valence-corrected chi connectivity index (χ1v) is 10.6. The number of carbonyl (C=O) groups excluding carboxylic acids is 1. The largest absolute Gasteiger partial charge is 0.469 e. The standard InChI is InChI=1S/C20H19ClFNO4S/c1-27-18(24)19-11-20(12-19,13-19)23(10-14-7-8-16(21)17(22)9-14)28(25,26)15-5-3-2-4-6-15/h2-9H,10-13H2,1H3. The van der Waals surface area contributed by atoms with Gasteiger partial charge in [0.05, 0.1) is 22.4 Å². The molecule has 0 heterocycles. The van der Waals surface area contributed by atoms with E-state index in [0.717, 1.165) is 0 Å². The molecule has 0 saturated heterocycles. The first-order valence-electron chi connectivity index (χ1n) is 8.83. The van der Waals surface area contributed by atoms with Gasteiger partial charge in [0, 0.05) is 12.1 Å². The summed E-state index contributed by atoms with van der Waals surface area (Å²) in [4.78, 5) is 12.2. The zero-order valence-corrected chi connectivity index (χ0v) is 16.8. The fourth-order valence-electron chi connectivity index (χ4n) is 4.46. The van der Waals surface area contributed by atoms with Crippen LogP contribution in [-0.4, -0.2) is 31.3 Å². The van der Waals surface area contributed by atoms with E-state index in [9.17, 15) is 17.6 Å². The zero-order valence-electron chi connectivity index (χ0n) is 15.2. The molecule has 0 aliphatic heterocycles. The number of nitrogens with zero attached hydrogens (tertiary/aromatic N) is 1. The van der Waals surface area contributed by atoms with Crippen molar-refractivity contribution in [3.63, 3.8) is 0 Å². The Morgan fingerprint density at radius 2 is 1.82 bits per heavy atom. The highest BCUT2D eigenvalue weighted by Gasteiger charge is 2.76. The monoisotopic (exact) mass is 423 g/mol. The lowest BCUT2D eigenvalue weighted by Gasteiger charge is -2.71. The summed E-state index contributed by atoms with van der Waals surface area (Å²) in [5.41, 5.74) is -0.748. The van der Waals surface area contributed by atoms with E-state index in [1.807, 2.05) is 0 Å². The number of ether oxygens (including phenoxy) is 1. The fraction of sp³-hybridized carbons (Fsp3) is 0.350. The van der Waals surface area contributed by atoms with Crippen LogP contribution in [0.15, 0.2) is 53.4 Å². The quantitative estimate of drug-likeness (QED) is 0.663. The zero-order chi connectivity index (χ0) is 20.2. The number of hydrogen-bond donors (Lipinski definition) is 0. The Bertz CT molecular complexity index is 1020. The van der Waals surface area contributed by atoms with Gasteiger partial charge in [-0.25, -0.2) is 12.8 Å². The van der Waals surface area contributed by atoms with Crippen LogP contribution in [0.3, 0.4) is 0 Å². The molecule has 0 amide bonds. The predicted octanol–water partition coefficient (Wildman–Crippen LogP) is 3.77. The minimum atomic E-state index is -3.84. The van der Waals surface area contributed by atoms with Crippen LogP contribution >= 0.6 is 11.6 Å². The highest BCUT2D eigenvalue weighted by atomic mass is 35.5. The van der Waals surface area contributed by atoms with Gasteiger partial charge in [-0.05, 0) is 49.1 Å². The lowest BCUT2D eigenvalue weighted by molar-refractivity contribution is -0.219. The molecule has 3 fully saturated rings. The number of methoxy groups -OCH3 is 1. The van der Waals surface area contributed by atoms with Gasteiger partial charge in [-0.3, -0.25) is 4.79 Å². The van der Waals surface area contributed by atoms with Crippen LogP contribution in [0.2, 0.25) is 5.02 Å². The molecule has 0 N–H and O–H groups in total. The molecule has 2 bridgehead atoms.